The number of halogens is 3. The molecule has 12 aromatic rings. The first kappa shape index (κ1) is 47.1. The third kappa shape index (κ3) is 7.80. The van der Waals surface area contributed by atoms with Gasteiger partial charge in [-0.15, -0.1) is 0 Å². The predicted molar refractivity (Wildman–Crippen MR) is 300 cm³/mol. The van der Waals surface area contributed by atoms with E-state index in [9.17, 15) is 23.7 Å². The number of rotatable bonds is 7. The zero-order chi connectivity index (χ0) is 53.1. The van der Waals surface area contributed by atoms with E-state index in [1.807, 2.05) is 146 Å². The minimum absolute atomic E-state index is 0.278. The molecule has 0 aliphatic heterocycles. The lowest BCUT2D eigenvalue weighted by Gasteiger charge is -2.22. The van der Waals surface area contributed by atoms with Gasteiger partial charge in [0.05, 0.1) is 82.0 Å². The van der Waals surface area contributed by atoms with E-state index in [4.69, 9.17) is 19.7 Å². The molecule has 0 radical (unpaired) electrons. The summed E-state index contributed by atoms with van der Waals surface area (Å²) < 4.78 is 47.9. The SMILES string of the molecule is [C-]#[N+]c1ccccc1-c1ccc2c(c1)c1cc(-c3ccccc3C#N)ccc1n2-c1cc(C#N)cc(-n2c3ccc(-c4ccccc4[N+]#[C-])cc3c3cc(-c4ccccc4[N+]#[C-])ccc32)c1-c1ccc(C(F)(F)F)cc1C. The van der Waals surface area contributed by atoms with Crippen LogP contribution < -0.4 is 0 Å². The molecule has 77 heavy (non-hydrogen) atoms. The third-order valence-corrected chi connectivity index (χ3v) is 14.4. The van der Waals surface area contributed by atoms with Crippen molar-refractivity contribution >= 4 is 60.7 Å². The van der Waals surface area contributed by atoms with E-state index in [2.05, 4.69) is 35.8 Å². The van der Waals surface area contributed by atoms with E-state index >= 15 is 0 Å². The van der Waals surface area contributed by atoms with Gasteiger partial charge in [-0.25, -0.2) is 14.5 Å². The molecule has 0 unspecified atom stereocenters. The van der Waals surface area contributed by atoms with E-state index in [0.29, 0.717) is 56.2 Å². The number of nitriles is 2. The van der Waals surface area contributed by atoms with Gasteiger partial charge in [0, 0.05) is 27.1 Å². The molecule has 10 heteroatoms. The molecule has 0 atom stereocenters. The van der Waals surface area contributed by atoms with Crippen molar-refractivity contribution < 1.29 is 13.2 Å². The quantitative estimate of drug-likeness (QED) is 0.149. The fraction of sp³-hybridized carbons (Fsp3) is 0.0299. The summed E-state index contributed by atoms with van der Waals surface area (Å²) in [7, 11) is 0. The predicted octanol–water partition coefficient (Wildman–Crippen LogP) is 18.9. The summed E-state index contributed by atoms with van der Waals surface area (Å²) in [6.45, 7) is 25.7. The number of aromatic nitrogens is 2. The summed E-state index contributed by atoms with van der Waals surface area (Å²) in [5.41, 5.74) is 12.8. The molecular weight excluding hydrogens is 960 g/mol. The summed E-state index contributed by atoms with van der Waals surface area (Å²) in [6, 6.07) is 65.5. The van der Waals surface area contributed by atoms with E-state index in [1.54, 1.807) is 43.3 Å². The highest BCUT2D eigenvalue weighted by molar-refractivity contribution is 6.15. The maximum absolute atomic E-state index is 14.6. The van der Waals surface area contributed by atoms with Crippen LogP contribution in [0.5, 0.6) is 0 Å². The first-order valence-corrected chi connectivity index (χ1v) is 24.4. The molecule has 0 spiro atoms. The molecule has 0 fully saturated rings. The second-order valence-corrected chi connectivity index (χ2v) is 18.7. The van der Waals surface area contributed by atoms with Gasteiger partial charge in [-0.1, -0.05) is 121 Å². The van der Waals surface area contributed by atoms with Crippen LogP contribution in [0.3, 0.4) is 0 Å². The average molecular weight is 996 g/mol. The largest absolute Gasteiger partial charge is 0.416 e. The number of hydrogen-bond acceptors (Lipinski definition) is 2. The summed E-state index contributed by atoms with van der Waals surface area (Å²) in [4.78, 5) is 11.5. The molecule has 360 valence electrons. The summed E-state index contributed by atoms with van der Waals surface area (Å²) in [5.74, 6) is 0. The fourth-order valence-corrected chi connectivity index (χ4v) is 10.9. The molecule has 7 nitrogen and oxygen atoms in total. The van der Waals surface area contributed by atoms with Gasteiger partial charge in [0.25, 0.3) is 0 Å². The number of benzene rings is 10. The Morgan fingerprint density at radius 1 is 0.416 bits per heavy atom. The monoisotopic (exact) mass is 995 g/mol. The van der Waals surface area contributed by atoms with Crippen molar-refractivity contribution in [3.8, 4) is 79.1 Å². The molecule has 12 rings (SSSR count). The second kappa shape index (κ2) is 18.5. The number of aryl methyl sites for hydroxylation is 1. The normalized spacial score (nSPS) is 11.3. The van der Waals surface area contributed by atoms with E-state index in [0.717, 1.165) is 94.7 Å². The highest BCUT2D eigenvalue weighted by atomic mass is 19.4. The third-order valence-electron chi connectivity index (χ3n) is 14.4. The van der Waals surface area contributed by atoms with E-state index in [-0.39, 0.29) is 5.56 Å². The number of para-hydroxylation sites is 3. The average Bonchev–Trinajstić information content (AvgIpc) is 4.12. The molecule has 0 aliphatic rings. The first-order chi connectivity index (χ1) is 37.5. The molecule has 0 aliphatic carbocycles. The topological polar surface area (TPSA) is 70.5 Å². The van der Waals surface area contributed by atoms with Crippen LogP contribution in [0.25, 0.3) is 125 Å². The van der Waals surface area contributed by atoms with Crippen LogP contribution in [0.15, 0.2) is 200 Å². The fourth-order valence-electron chi connectivity index (χ4n) is 10.9. The van der Waals surface area contributed by atoms with Crippen LogP contribution in [0.4, 0.5) is 30.2 Å². The lowest BCUT2D eigenvalue weighted by molar-refractivity contribution is -0.137. The van der Waals surface area contributed by atoms with Gasteiger partial charge in [-0.05, 0) is 141 Å². The Morgan fingerprint density at radius 2 is 0.792 bits per heavy atom. The van der Waals surface area contributed by atoms with Crippen LogP contribution >= 0.6 is 0 Å². The first-order valence-electron chi connectivity index (χ1n) is 24.4. The zero-order valence-corrected chi connectivity index (χ0v) is 40.8. The molecule has 10 aromatic carbocycles. The van der Waals surface area contributed by atoms with Crippen LogP contribution in [-0.2, 0) is 6.18 Å². The number of nitrogens with zero attached hydrogens (tertiary/aromatic N) is 7. The van der Waals surface area contributed by atoms with Crippen molar-refractivity contribution in [1.82, 2.24) is 9.13 Å². The lowest BCUT2D eigenvalue weighted by Crippen LogP contribution is -2.08. The van der Waals surface area contributed by atoms with Gasteiger partial charge in [0.2, 0.25) is 0 Å². The number of fused-ring (bicyclic) bond motifs is 6. The van der Waals surface area contributed by atoms with Gasteiger partial charge in [-0.3, -0.25) is 0 Å². The molecule has 2 aromatic heterocycles. The van der Waals surface area contributed by atoms with Crippen LogP contribution in [-0.4, -0.2) is 9.13 Å². The van der Waals surface area contributed by atoms with Crippen molar-refractivity contribution in [2.45, 2.75) is 13.1 Å². The lowest BCUT2D eigenvalue weighted by atomic mass is 9.93. The van der Waals surface area contributed by atoms with Crippen molar-refractivity contribution in [1.29, 1.82) is 10.5 Å². The Morgan fingerprint density at radius 3 is 1.16 bits per heavy atom. The molecule has 0 amide bonds. The summed E-state index contributed by atoms with van der Waals surface area (Å²) in [5, 5.41) is 24.5. The van der Waals surface area contributed by atoms with Gasteiger partial charge < -0.3 is 9.13 Å². The van der Waals surface area contributed by atoms with Gasteiger partial charge >= 0.3 is 6.18 Å². The van der Waals surface area contributed by atoms with Gasteiger partial charge in [0.1, 0.15) is 0 Å². The molecule has 0 saturated heterocycles. The highest BCUT2D eigenvalue weighted by Gasteiger charge is 2.32. The van der Waals surface area contributed by atoms with Crippen molar-refractivity contribution in [2.75, 3.05) is 0 Å². The molecule has 0 bridgehead atoms. The molecule has 0 saturated carbocycles. The minimum atomic E-state index is -4.63. The zero-order valence-electron chi connectivity index (χ0n) is 40.8. The molecule has 2 heterocycles. The van der Waals surface area contributed by atoms with Crippen LogP contribution in [0, 0.1) is 49.3 Å². The van der Waals surface area contributed by atoms with Crippen molar-refractivity contribution in [2.24, 2.45) is 0 Å². The maximum Gasteiger partial charge on any atom is 0.416 e. The van der Waals surface area contributed by atoms with Gasteiger partial charge in [0.15, 0.2) is 17.1 Å². The van der Waals surface area contributed by atoms with Crippen molar-refractivity contribution in [3.05, 3.63) is 257 Å². The summed E-state index contributed by atoms with van der Waals surface area (Å²) in [6.07, 6.45) is -4.63. The number of hydrogen-bond donors (Lipinski definition) is 0. The molecular formula is C67H36F3N7. The van der Waals surface area contributed by atoms with Gasteiger partial charge in [-0.2, -0.15) is 23.7 Å². The Hall–Kier alpha value is -11.0. The Bertz CT molecular complexity index is 4220. The van der Waals surface area contributed by atoms with Crippen LogP contribution in [0.2, 0.25) is 0 Å². The number of alkyl halides is 3. The maximum atomic E-state index is 14.6. The Labute approximate surface area is 440 Å². The van der Waals surface area contributed by atoms with Crippen LogP contribution in [0.1, 0.15) is 22.3 Å². The summed E-state index contributed by atoms with van der Waals surface area (Å²) >= 11 is 0. The Balaban J connectivity index is 1.23. The molecule has 0 N–H and O–H groups in total. The minimum Gasteiger partial charge on any atom is -0.308 e. The standard InChI is InChI=1S/C67H36F3N7/c1-40-31-47(67(68,69)70)25-26-48(40)66-64(76-60-27-21-42(49-14-6-5-13-46(49)39-72)34-53(60)54-35-43(22-28-61(54)76)50-15-7-10-18-57(50)73-2)32-41(38-71)33-65(66)77-62-29-23-44(51-16-8-11-19-58(51)74-3)36-55(62)56-37-45(24-30-63(56)77)52-17-9-12-20-59(52)75-4/h5-37H,1H3. The second-order valence-electron chi connectivity index (χ2n) is 18.7. The highest BCUT2D eigenvalue weighted by Crippen LogP contribution is 2.48. The van der Waals surface area contributed by atoms with E-state index < -0.39 is 11.7 Å². The smallest absolute Gasteiger partial charge is 0.308 e. The van der Waals surface area contributed by atoms with E-state index in [1.165, 1.54) is 6.07 Å². The van der Waals surface area contributed by atoms with Crippen molar-refractivity contribution in [3.63, 3.8) is 0 Å². The Kier molecular flexibility index (Phi) is 11.3.